The van der Waals surface area contributed by atoms with E-state index in [1.54, 1.807) is 18.2 Å². The molecule has 0 aromatic heterocycles. The first kappa shape index (κ1) is 20.7. The summed E-state index contributed by atoms with van der Waals surface area (Å²) in [5.41, 5.74) is 0.835. The largest absolute Gasteiger partial charge is 0.482 e. The Balaban J connectivity index is 1.92. The van der Waals surface area contributed by atoms with Gasteiger partial charge in [-0.05, 0) is 45.3 Å². The zero-order chi connectivity index (χ0) is 19.2. The maximum absolute atomic E-state index is 12.5. The van der Waals surface area contributed by atoms with Crippen LogP contribution in [-0.4, -0.2) is 27.9 Å². The van der Waals surface area contributed by atoms with Gasteiger partial charge in [0.2, 0.25) is 0 Å². The number of Topliss-reactive ketones (excluding diaryl/α,β-unsaturated/α-hetero) is 1. The van der Waals surface area contributed by atoms with E-state index in [2.05, 4.69) is 29.5 Å². The molecule has 0 saturated carbocycles. The number of carbonyl (C=O) groups excluding carboxylic acids is 2. The molecule has 0 spiro atoms. The van der Waals surface area contributed by atoms with Crippen molar-refractivity contribution in [2.45, 2.75) is 49.6 Å². The summed E-state index contributed by atoms with van der Waals surface area (Å²) >= 11 is 2.31. The lowest BCUT2D eigenvalue weighted by molar-refractivity contribution is -0.160. The first-order valence-electron chi connectivity index (χ1n) is 8.76. The molecule has 5 heteroatoms. The summed E-state index contributed by atoms with van der Waals surface area (Å²) in [5.74, 6) is 0.148. The Morgan fingerprint density at radius 2 is 1.92 bits per heavy atom. The van der Waals surface area contributed by atoms with E-state index in [4.69, 9.17) is 9.47 Å². The number of hydrogen-bond donors (Lipinski definition) is 0. The summed E-state index contributed by atoms with van der Waals surface area (Å²) in [7, 11) is 0. The second-order valence-corrected chi connectivity index (χ2v) is 9.14. The fourth-order valence-corrected chi connectivity index (χ4v) is 3.99. The van der Waals surface area contributed by atoms with Gasteiger partial charge >= 0.3 is 5.97 Å². The molecule has 1 aliphatic carbocycles. The lowest BCUT2D eigenvalue weighted by atomic mass is 9.96. The predicted octanol–water partition coefficient (Wildman–Crippen LogP) is 5.03. The number of rotatable bonds is 8. The molecule has 0 amide bonds. The van der Waals surface area contributed by atoms with Crippen molar-refractivity contribution in [3.63, 3.8) is 0 Å². The van der Waals surface area contributed by atoms with Crippen LogP contribution in [0.1, 0.15) is 50.4 Å². The van der Waals surface area contributed by atoms with Crippen LogP contribution in [0.15, 0.2) is 53.8 Å². The van der Waals surface area contributed by atoms with Crippen molar-refractivity contribution in [2.24, 2.45) is 0 Å². The molecule has 0 radical (unpaired) electrons. The average molecular weight is 468 g/mol. The molecular weight excluding hydrogens is 443 g/mol. The van der Waals surface area contributed by atoms with Gasteiger partial charge in [0.05, 0.1) is 0 Å². The first-order valence-corrected chi connectivity index (χ1v) is 10.0. The number of alkyl halides is 1. The van der Waals surface area contributed by atoms with E-state index in [0.29, 0.717) is 33.7 Å². The molecule has 1 aromatic carbocycles. The highest BCUT2D eigenvalue weighted by molar-refractivity contribution is 14.1. The zero-order valence-corrected chi connectivity index (χ0v) is 17.6. The topological polar surface area (TPSA) is 52.6 Å². The van der Waals surface area contributed by atoms with Gasteiger partial charge in [0, 0.05) is 15.1 Å². The summed E-state index contributed by atoms with van der Waals surface area (Å²) in [6.07, 6.45) is 5.78. The van der Waals surface area contributed by atoms with E-state index in [-0.39, 0.29) is 12.4 Å². The molecule has 0 saturated heterocycles. The first-order chi connectivity index (χ1) is 12.3. The molecule has 4 nitrogen and oxygen atoms in total. The van der Waals surface area contributed by atoms with Crippen LogP contribution in [0, 0.1) is 0 Å². The standard InChI is InChI=1S/C21H25IO4/c1-15(22)13-21(2,3)26-19(23)14-25-18-11-7-10-17(12-18)20(24)16-8-5-4-6-9-16/h4-6,8-9,11-12,15H,7,10,13-14H2,1-3H3/t15-/m0/s1. The Labute approximate surface area is 168 Å². The summed E-state index contributed by atoms with van der Waals surface area (Å²) in [6, 6.07) is 9.17. The van der Waals surface area contributed by atoms with Gasteiger partial charge in [0.15, 0.2) is 12.4 Å². The van der Waals surface area contributed by atoms with Crippen LogP contribution < -0.4 is 0 Å². The van der Waals surface area contributed by atoms with E-state index in [1.807, 2.05) is 38.1 Å². The highest BCUT2D eigenvalue weighted by Crippen LogP contribution is 2.23. The van der Waals surface area contributed by atoms with Gasteiger partial charge < -0.3 is 9.47 Å². The van der Waals surface area contributed by atoms with Crippen molar-refractivity contribution in [1.82, 2.24) is 0 Å². The molecule has 0 fully saturated rings. The minimum Gasteiger partial charge on any atom is -0.482 e. The number of carbonyl (C=O) groups is 2. The molecule has 140 valence electrons. The Bertz CT molecular complexity index is 702. The second kappa shape index (κ2) is 9.35. The van der Waals surface area contributed by atoms with Crippen LogP contribution in [-0.2, 0) is 14.3 Å². The molecule has 1 atom stereocenters. The van der Waals surface area contributed by atoms with E-state index in [1.165, 1.54) is 0 Å². The van der Waals surface area contributed by atoms with E-state index in [9.17, 15) is 9.59 Å². The fourth-order valence-electron chi connectivity index (χ4n) is 2.93. The summed E-state index contributed by atoms with van der Waals surface area (Å²) < 4.78 is 11.5. The quantitative estimate of drug-likeness (QED) is 0.233. The molecular formula is C21H25IO4. The van der Waals surface area contributed by atoms with Crippen molar-refractivity contribution in [1.29, 1.82) is 0 Å². The van der Waals surface area contributed by atoms with Crippen LogP contribution in [0.2, 0.25) is 0 Å². The fraction of sp³-hybridized carbons (Fsp3) is 0.429. The Morgan fingerprint density at radius 1 is 1.23 bits per heavy atom. The number of benzene rings is 1. The number of allylic oxidation sites excluding steroid dienone is 3. The summed E-state index contributed by atoms with van der Waals surface area (Å²) in [4.78, 5) is 24.6. The molecule has 0 bridgehead atoms. The zero-order valence-electron chi connectivity index (χ0n) is 15.5. The van der Waals surface area contributed by atoms with Crippen molar-refractivity contribution >= 4 is 34.3 Å². The van der Waals surface area contributed by atoms with Crippen LogP contribution in [0.3, 0.4) is 0 Å². The van der Waals surface area contributed by atoms with Crippen LogP contribution in [0.5, 0.6) is 0 Å². The number of ether oxygens (including phenoxy) is 2. The van der Waals surface area contributed by atoms with E-state index >= 15 is 0 Å². The highest BCUT2D eigenvalue weighted by atomic mass is 127. The molecule has 0 N–H and O–H groups in total. The van der Waals surface area contributed by atoms with Gasteiger partial charge in [-0.15, -0.1) is 0 Å². The van der Waals surface area contributed by atoms with Crippen LogP contribution >= 0.6 is 22.6 Å². The van der Waals surface area contributed by atoms with Crippen LogP contribution in [0.4, 0.5) is 0 Å². The maximum atomic E-state index is 12.5. The molecule has 0 aliphatic heterocycles. The smallest absolute Gasteiger partial charge is 0.344 e. The minimum atomic E-state index is -0.522. The van der Waals surface area contributed by atoms with Crippen molar-refractivity contribution < 1.29 is 19.1 Å². The van der Waals surface area contributed by atoms with Gasteiger partial charge in [0.25, 0.3) is 0 Å². The molecule has 0 unspecified atom stereocenters. The van der Waals surface area contributed by atoms with Gasteiger partial charge in [0.1, 0.15) is 11.4 Å². The summed E-state index contributed by atoms with van der Waals surface area (Å²) in [6.45, 7) is 5.72. The SMILES string of the molecule is C[C@H](I)CC(C)(C)OC(=O)COC1=CCCC(C(=O)c2ccccc2)=C1. The second-order valence-electron chi connectivity index (χ2n) is 7.02. The molecule has 2 rings (SSSR count). The Morgan fingerprint density at radius 3 is 2.58 bits per heavy atom. The number of esters is 1. The lowest BCUT2D eigenvalue weighted by Gasteiger charge is -2.26. The lowest BCUT2D eigenvalue weighted by Crippen LogP contribution is -2.32. The van der Waals surface area contributed by atoms with Crippen molar-refractivity contribution in [2.75, 3.05) is 6.61 Å². The molecule has 1 aromatic rings. The average Bonchev–Trinajstić information content (AvgIpc) is 2.59. The minimum absolute atomic E-state index is 0.000423. The molecule has 26 heavy (non-hydrogen) atoms. The van der Waals surface area contributed by atoms with Gasteiger partial charge in [-0.2, -0.15) is 0 Å². The number of ketones is 1. The van der Waals surface area contributed by atoms with Gasteiger partial charge in [-0.1, -0.05) is 59.8 Å². The normalized spacial score (nSPS) is 15.5. The van der Waals surface area contributed by atoms with Gasteiger partial charge in [-0.3, -0.25) is 4.79 Å². The van der Waals surface area contributed by atoms with E-state index in [0.717, 1.165) is 6.42 Å². The predicted molar refractivity (Wildman–Crippen MR) is 110 cm³/mol. The molecule has 1 aliphatic rings. The number of hydrogen-bond acceptors (Lipinski definition) is 4. The molecule has 0 heterocycles. The van der Waals surface area contributed by atoms with Gasteiger partial charge in [-0.25, -0.2) is 4.79 Å². The summed E-state index contributed by atoms with van der Waals surface area (Å²) in [5, 5.41) is 0. The monoisotopic (exact) mass is 468 g/mol. The maximum Gasteiger partial charge on any atom is 0.344 e. The van der Waals surface area contributed by atoms with E-state index < -0.39 is 11.6 Å². The highest BCUT2D eigenvalue weighted by Gasteiger charge is 2.25. The Kier molecular flexibility index (Phi) is 7.43. The third-order valence-electron chi connectivity index (χ3n) is 3.92. The third kappa shape index (κ3) is 6.59. The van der Waals surface area contributed by atoms with Crippen LogP contribution in [0.25, 0.3) is 0 Å². The Hall–Kier alpha value is -1.63. The third-order valence-corrected chi connectivity index (χ3v) is 4.36. The number of halogens is 1. The van der Waals surface area contributed by atoms with Crippen molar-refractivity contribution in [3.05, 3.63) is 59.4 Å². The van der Waals surface area contributed by atoms with Crippen molar-refractivity contribution in [3.8, 4) is 0 Å².